The van der Waals surface area contributed by atoms with E-state index < -0.39 is 5.97 Å². The Morgan fingerprint density at radius 1 is 1.34 bits per heavy atom. The first kappa shape index (κ1) is 22.7. The largest absolute Gasteiger partial charge is 0.481 e. The van der Waals surface area contributed by atoms with E-state index in [1.54, 1.807) is 11.6 Å². The second-order valence-corrected chi connectivity index (χ2v) is 8.75. The molecule has 2 saturated heterocycles. The highest BCUT2D eigenvalue weighted by atomic mass is 16.7. The van der Waals surface area contributed by atoms with Crippen LogP contribution in [0.25, 0.3) is 11.4 Å². The molecule has 0 aromatic carbocycles. The average Bonchev–Trinajstić information content (AvgIpc) is 3.44. The first-order valence-electron chi connectivity index (χ1n) is 11.6. The highest BCUT2D eigenvalue weighted by Gasteiger charge is 2.32. The van der Waals surface area contributed by atoms with Gasteiger partial charge in [-0.05, 0) is 50.2 Å². The van der Waals surface area contributed by atoms with Crippen LogP contribution in [0.3, 0.4) is 0 Å². The predicted molar refractivity (Wildman–Crippen MR) is 119 cm³/mol. The van der Waals surface area contributed by atoms with Crippen LogP contribution in [0.2, 0.25) is 0 Å². The van der Waals surface area contributed by atoms with E-state index in [0.29, 0.717) is 6.61 Å². The lowest BCUT2D eigenvalue weighted by molar-refractivity contribution is -0.169. The van der Waals surface area contributed by atoms with E-state index in [9.17, 15) is 9.90 Å². The molecule has 0 bridgehead atoms. The molecule has 32 heavy (non-hydrogen) atoms. The molecule has 1 N–H and O–H groups in total. The van der Waals surface area contributed by atoms with E-state index in [0.717, 1.165) is 80.3 Å². The van der Waals surface area contributed by atoms with Gasteiger partial charge in [-0.25, -0.2) is 9.67 Å². The van der Waals surface area contributed by atoms with Crippen LogP contribution in [0.5, 0.6) is 0 Å². The zero-order valence-corrected chi connectivity index (χ0v) is 19.2. The van der Waals surface area contributed by atoms with Crippen LogP contribution in [0.1, 0.15) is 50.9 Å². The van der Waals surface area contributed by atoms with E-state index in [1.165, 1.54) is 0 Å². The molecular formula is C23H33N5O4. The van der Waals surface area contributed by atoms with Gasteiger partial charge in [0, 0.05) is 26.7 Å². The van der Waals surface area contributed by atoms with Crippen molar-refractivity contribution in [3.05, 3.63) is 23.5 Å². The van der Waals surface area contributed by atoms with Crippen molar-refractivity contribution in [3.63, 3.8) is 0 Å². The first-order valence-corrected chi connectivity index (χ1v) is 11.6. The number of carbonyl (C=O) groups is 1. The standard InChI is InChI=1S/C23H33N5O4/c1-4-17-19(28-11-10-16(13-28)15(2)23(29)30)9-8-18(24-17)22-20(27(3)26-25-22)14-32-21-7-5-6-12-31-21/h8-9,15-16,21H,4-7,10-14H2,1-3H3,(H,29,30)/t15-,16-,21?/m1/s1. The molecule has 3 atom stereocenters. The molecule has 1 unspecified atom stereocenters. The lowest BCUT2D eigenvalue weighted by atomic mass is 9.94. The summed E-state index contributed by atoms with van der Waals surface area (Å²) in [5.74, 6) is -0.910. The minimum atomic E-state index is -0.725. The van der Waals surface area contributed by atoms with Crippen molar-refractivity contribution in [1.29, 1.82) is 0 Å². The summed E-state index contributed by atoms with van der Waals surface area (Å²) in [7, 11) is 1.86. The van der Waals surface area contributed by atoms with E-state index in [1.807, 2.05) is 13.1 Å². The van der Waals surface area contributed by atoms with Gasteiger partial charge in [-0.15, -0.1) is 5.10 Å². The summed E-state index contributed by atoms with van der Waals surface area (Å²) in [6.07, 6.45) is 4.59. The van der Waals surface area contributed by atoms with Crippen LogP contribution in [0.15, 0.2) is 12.1 Å². The van der Waals surface area contributed by atoms with Gasteiger partial charge in [-0.2, -0.15) is 0 Å². The number of nitrogens with zero attached hydrogens (tertiary/aromatic N) is 5. The maximum Gasteiger partial charge on any atom is 0.306 e. The van der Waals surface area contributed by atoms with Crippen molar-refractivity contribution in [3.8, 4) is 11.4 Å². The number of ether oxygens (including phenoxy) is 2. The highest BCUT2D eigenvalue weighted by molar-refractivity contribution is 5.70. The molecule has 0 saturated carbocycles. The molecule has 2 aromatic heterocycles. The molecule has 9 heteroatoms. The number of hydrogen-bond donors (Lipinski definition) is 1. The van der Waals surface area contributed by atoms with Gasteiger partial charge in [0.15, 0.2) is 6.29 Å². The molecule has 0 aliphatic carbocycles. The van der Waals surface area contributed by atoms with E-state index in [4.69, 9.17) is 14.5 Å². The van der Waals surface area contributed by atoms with Gasteiger partial charge in [-0.3, -0.25) is 4.79 Å². The second-order valence-electron chi connectivity index (χ2n) is 8.75. The molecular weight excluding hydrogens is 410 g/mol. The molecule has 2 aliphatic heterocycles. The van der Waals surface area contributed by atoms with Gasteiger partial charge < -0.3 is 19.5 Å². The van der Waals surface area contributed by atoms with E-state index in [2.05, 4.69) is 28.2 Å². The quantitative estimate of drug-likeness (QED) is 0.664. The Hall–Kier alpha value is -2.52. The Morgan fingerprint density at radius 2 is 2.19 bits per heavy atom. The van der Waals surface area contributed by atoms with Crippen molar-refractivity contribution < 1.29 is 19.4 Å². The minimum absolute atomic E-state index is 0.155. The lowest BCUT2D eigenvalue weighted by Gasteiger charge is -2.23. The number of aryl methyl sites for hydroxylation is 2. The highest BCUT2D eigenvalue weighted by Crippen LogP contribution is 2.32. The maximum absolute atomic E-state index is 11.4. The summed E-state index contributed by atoms with van der Waals surface area (Å²) < 4.78 is 13.4. The zero-order valence-electron chi connectivity index (χ0n) is 19.2. The van der Waals surface area contributed by atoms with E-state index >= 15 is 0 Å². The van der Waals surface area contributed by atoms with Crippen molar-refractivity contribution >= 4 is 11.7 Å². The minimum Gasteiger partial charge on any atom is -0.481 e. The zero-order chi connectivity index (χ0) is 22.7. The molecule has 4 rings (SSSR count). The number of rotatable bonds is 8. The van der Waals surface area contributed by atoms with E-state index in [-0.39, 0.29) is 18.1 Å². The molecule has 2 fully saturated rings. The number of aliphatic carboxylic acids is 1. The Kier molecular flexibility index (Phi) is 7.05. The van der Waals surface area contributed by atoms with Crippen LogP contribution in [0, 0.1) is 11.8 Å². The monoisotopic (exact) mass is 443 g/mol. The van der Waals surface area contributed by atoms with Gasteiger partial charge in [-0.1, -0.05) is 19.1 Å². The molecule has 0 amide bonds. The summed E-state index contributed by atoms with van der Waals surface area (Å²) in [6, 6.07) is 4.06. The van der Waals surface area contributed by atoms with Crippen molar-refractivity contribution in [2.75, 3.05) is 24.6 Å². The van der Waals surface area contributed by atoms with Gasteiger partial charge in [0.05, 0.1) is 35.3 Å². The topological polar surface area (TPSA) is 103 Å². The SMILES string of the molecule is CCc1nc(-c2nnn(C)c2COC2CCCCO2)ccc1N1CC[C@@H]([C@@H](C)C(=O)O)C1. The number of aromatic nitrogens is 4. The summed E-state index contributed by atoms with van der Waals surface area (Å²) in [6.45, 7) is 6.59. The third kappa shape index (κ3) is 4.78. The summed E-state index contributed by atoms with van der Waals surface area (Å²) in [5, 5.41) is 17.9. The van der Waals surface area contributed by atoms with Crippen LogP contribution < -0.4 is 4.90 Å². The Labute approximate surface area is 188 Å². The Morgan fingerprint density at radius 3 is 2.91 bits per heavy atom. The van der Waals surface area contributed by atoms with Crippen molar-refractivity contribution in [2.24, 2.45) is 18.9 Å². The van der Waals surface area contributed by atoms with Crippen molar-refractivity contribution in [1.82, 2.24) is 20.0 Å². The number of pyridine rings is 1. The van der Waals surface area contributed by atoms with Gasteiger partial charge in [0.25, 0.3) is 0 Å². The third-order valence-electron chi connectivity index (χ3n) is 6.68. The smallest absolute Gasteiger partial charge is 0.306 e. The molecule has 2 aromatic rings. The van der Waals surface area contributed by atoms with Crippen LogP contribution >= 0.6 is 0 Å². The lowest BCUT2D eigenvalue weighted by Crippen LogP contribution is -2.26. The Balaban J connectivity index is 1.51. The fourth-order valence-electron chi connectivity index (χ4n) is 4.54. The fraction of sp³-hybridized carbons (Fsp3) is 0.652. The van der Waals surface area contributed by atoms with Gasteiger partial charge in [0.2, 0.25) is 0 Å². The molecule has 0 spiro atoms. The van der Waals surface area contributed by atoms with Gasteiger partial charge in [0.1, 0.15) is 5.69 Å². The van der Waals surface area contributed by atoms with Crippen LogP contribution in [-0.2, 0) is 34.3 Å². The summed E-state index contributed by atoms with van der Waals surface area (Å²) >= 11 is 0. The molecule has 174 valence electrons. The predicted octanol–water partition coefficient (Wildman–Crippen LogP) is 3.03. The van der Waals surface area contributed by atoms with Gasteiger partial charge >= 0.3 is 5.97 Å². The number of carboxylic acid groups (broad SMARTS) is 1. The van der Waals surface area contributed by atoms with Crippen LogP contribution in [-0.4, -0.2) is 57.0 Å². The number of anilines is 1. The van der Waals surface area contributed by atoms with Crippen molar-refractivity contribution in [2.45, 2.75) is 58.8 Å². The molecule has 2 aliphatic rings. The number of carboxylic acids is 1. The fourth-order valence-corrected chi connectivity index (χ4v) is 4.54. The second kappa shape index (κ2) is 9.95. The average molecular weight is 444 g/mol. The number of hydrogen-bond acceptors (Lipinski definition) is 7. The molecule has 4 heterocycles. The maximum atomic E-state index is 11.4. The Bertz CT molecular complexity index is 940. The summed E-state index contributed by atoms with van der Waals surface area (Å²) in [5.41, 5.74) is 4.44. The molecule has 0 radical (unpaired) electrons. The normalized spacial score (nSPS) is 22.3. The van der Waals surface area contributed by atoms with Crippen LogP contribution in [0.4, 0.5) is 5.69 Å². The summed E-state index contributed by atoms with van der Waals surface area (Å²) in [4.78, 5) is 18.6. The first-order chi connectivity index (χ1) is 15.5. The molecule has 9 nitrogen and oxygen atoms in total. The third-order valence-corrected chi connectivity index (χ3v) is 6.68.